The second-order valence-corrected chi connectivity index (χ2v) is 8.84. The zero-order chi connectivity index (χ0) is 23.5. The Hall–Kier alpha value is -3.02. The van der Waals surface area contributed by atoms with Crippen molar-refractivity contribution in [2.24, 2.45) is 5.41 Å². The van der Waals surface area contributed by atoms with Crippen molar-refractivity contribution in [2.75, 3.05) is 19.6 Å². The van der Waals surface area contributed by atoms with E-state index in [1.165, 1.54) is 0 Å². The highest BCUT2D eigenvalue weighted by molar-refractivity contribution is 7.09. The smallest absolute Gasteiger partial charge is 0.475 e. The van der Waals surface area contributed by atoms with Gasteiger partial charge in [-0.2, -0.15) is 13.2 Å². The number of thiazole rings is 1. The third kappa shape index (κ3) is 5.61. The van der Waals surface area contributed by atoms with E-state index in [1.807, 2.05) is 28.2 Å². The van der Waals surface area contributed by atoms with E-state index in [0.29, 0.717) is 38.3 Å². The number of aliphatic carboxylic acids is 1. The van der Waals surface area contributed by atoms with Gasteiger partial charge >= 0.3 is 12.1 Å². The Labute approximate surface area is 185 Å². The minimum Gasteiger partial charge on any atom is -0.475 e. The molecule has 0 aromatic carbocycles. The van der Waals surface area contributed by atoms with Gasteiger partial charge in [-0.25, -0.2) is 9.78 Å². The van der Waals surface area contributed by atoms with Crippen LogP contribution in [0.15, 0.2) is 29.8 Å². The Morgan fingerprint density at radius 3 is 2.56 bits per heavy atom. The van der Waals surface area contributed by atoms with Gasteiger partial charge in [0.1, 0.15) is 5.69 Å². The zero-order valence-electron chi connectivity index (χ0n) is 17.1. The van der Waals surface area contributed by atoms with Crippen molar-refractivity contribution < 1.29 is 32.7 Å². The lowest BCUT2D eigenvalue weighted by Gasteiger charge is -2.23. The van der Waals surface area contributed by atoms with Gasteiger partial charge < -0.3 is 14.9 Å². The molecular weight excluding hydrogens is 449 g/mol. The van der Waals surface area contributed by atoms with Crippen LogP contribution in [0.25, 0.3) is 0 Å². The molecule has 0 bridgehead atoms. The number of amides is 2. The number of nitrogens with zero attached hydrogens (tertiary/aromatic N) is 4. The van der Waals surface area contributed by atoms with E-state index in [1.54, 1.807) is 29.7 Å². The molecule has 2 saturated heterocycles. The second kappa shape index (κ2) is 9.23. The van der Waals surface area contributed by atoms with E-state index < -0.39 is 12.1 Å². The van der Waals surface area contributed by atoms with E-state index in [9.17, 15) is 22.8 Å². The molecule has 1 atom stereocenters. The van der Waals surface area contributed by atoms with Crippen molar-refractivity contribution >= 4 is 29.1 Å². The van der Waals surface area contributed by atoms with Gasteiger partial charge in [-0.1, -0.05) is 6.07 Å². The minimum atomic E-state index is -5.08. The molecule has 2 fully saturated rings. The molecule has 2 aliphatic rings. The average Bonchev–Trinajstić information content (AvgIpc) is 3.41. The molecular formula is C20H21F3N4O4S. The van der Waals surface area contributed by atoms with E-state index in [4.69, 9.17) is 9.90 Å². The van der Waals surface area contributed by atoms with Gasteiger partial charge in [0.15, 0.2) is 0 Å². The Morgan fingerprint density at radius 2 is 2.00 bits per heavy atom. The molecule has 1 N–H and O–H groups in total. The number of carbonyl (C=O) groups excluding carboxylic acids is 2. The lowest BCUT2D eigenvalue weighted by Crippen LogP contribution is -2.34. The molecule has 0 radical (unpaired) electrons. The number of likely N-dealkylation sites (tertiary alicyclic amines) is 2. The van der Waals surface area contributed by atoms with Gasteiger partial charge in [0.2, 0.25) is 5.91 Å². The fourth-order valence-electron chi connectivity index (χ4n) is 3.84. The summed E-state index contributed by atoms with van der Waals surface area (Å²) in [5.41, 5.74) is 1.30. The summed E-state index contributed by atoms with van der Waals surface area (Å²) in [5.74, 6) is -2.64. The number of hydrogen-bond donors (Lipinski definition) is 1. The Morgan fingerprint density at radius 1 is 1.28 bits per heavy atom. The lowest BCUT2D eigenvalue weighted by molar-refractivity contribution is -0.192. The summed E-state index contributed by atoms with van der Waals surface area (Å²) in [7, 11) is 0. The van der Waals surface area contributed by atoms with Gasteiger partial charge in [0.25, 0.3) is 5.91 Å². The highest BCUT2D eigenvalue weighted by atomic mass is 32.1. The summed E-state index contributed by atoms with van der Waals surface area (Å²) in [6.45, 7) is 4.56. The van der Waals surface area contributed by atoms with Crippen LogP contribution < -0.4 is 0 Å². The largest absolute Gasteiger partial charge is 0.490 e. The standard InChI is InChI=1S/C18H20N4O2S.C2HF3O2/c1-13-20-14(10-25-13)9-22-12-18(8-16(22)23)5-7-21(11-18)17(24)15-4-2-3-6-19-15;3-2(4,5)1(6)7/h2-4,6,10H,5,7-9,11-12H2,1H3;(H,6,7). The zero-order valence-corrected chi connectivity index (χ0v) is 17.9. The molecule has 172 valence electrons. The van der Waals surface area contributed by atoms with Crippen molar-refractivity contribution in [3.8, 4) is 0 Å². The average molecular weight is 470 g/mol. The molecule has 12 heteroatoms. The highest BCUT2D eigenvalue weighted by Gasteiger charge is 2.48. The monoisotopic (exact) mass is 470 g/mol. The first-order chi connectivity index (χ1) is 15.0. The summed E-state index contributed by atoms with van der Waals surface area (Å²) in [6.07, 6.45) is -2.07. The topological polar surface area (TPSA) is 104 Å². The number of rotatable bonds is 3. The van der Waals surface area contributed by atoms with Crippen molar-refractivity contribution in [1.29, 1.82) is 0 Å². The maximum Gasteiger partial charge on any atom is 0.490 e. The number of carbonyl (C=O) groups is 3. The van der Waals surface area contributed by atoms with E-state index in [-0.39, 0.29) is 17.2 Å². The summed E-state index contributed by atoms with van der Waals surface area (Å²) in [4.78, 5) is 46.3. The van der Waals surface area contributed by atoms with Crippen molar-refractivity contribution in [3.63, 3.8) is 0 Å². The third-order valence-electron chi connectivity index (χ3n) is 5.28. The first-order valence-electron chi connectivity index (χ1n) is 9.68. The molecule has 0 aliphatic carbocycles. The molecule has 0 saturated carbocycles. The van der Waals surface area contributed by atoms with Crippen LogP contribution in [0, 0.1) is 12.3 Å². The molecule has 4 rings (SSSR count). The molecule has 2 aliphatic heterocycles. The van der Waals surface area contributed by atoms with Crippen molar-refractivity contribution in [1.82, 2.24) is 19.8 Å². The minimum absolute atomic E-state index is 0.0431. The van der Waals surface area contributed by atoms with Gasteiger partial charge in [-0.3, -0.25) is 14.6 Å². The summed E-state index contributed by atoms with van der Waals surface area (Å²) in [5, 5.41) is 10.2. The van der Waals surface area contributed by atoms with Crippen LogP contribution in [0.4, 0.5) is 13.2 Å². The first-order valence-corrected chi connectivity index (χ1v) is 10.6. The molecule has 4 heterocycles. The van der Waals surface area contributed by atoms with Crippen LogP contribution in [0.1, 0.15) is 34.0 Å². The highest BCUT2D eigenvalue weighted by Crippen LogP contribution is 2.41. The lowest BCUT2D eigenvalue weighted by atomic mass is 9.86. The first kappa shape index (κ1) is 23.6. The maximum atomic E-state index is 12.6. The fraction of sp³-hybridized carbons (Fsp3) is 0.450. The SMILES string of the molecule is Cc1nc(CN2CC3(CCN(C(=O)c4ccccn4)C3)CC2=O)cs1.O=C(O)C(F)(F)F. The number of pyridine rings is 1. The van der Waals surface area contributed by atoms with Crippen molar-refractivity contribution in [3.05, 3.63) is 46.2 Å². The normalized spacial score (nSPS) is 20.4. The van der Waals surface area contributed by atoms with Crippen LogP contribution in [0.2, 0.25) is 0 Å². The number of carboxylic acids is 1. The number of alkyl halides is 3. The number of carboxylic acid groups (broad SMARTS) is 1. The summed E-state index contributed by atoms with van der Waals surface area (Å²) >= 11 is 1.61. The van der Waals surface area contributed by atoms with Crippen LogP contribution in [0.5, 0.6) is 0 Å². The van der Waals surface area contributed by atoms with Gasteiger partial charge in [0, 0.05) is 43.0 Å². The van der Waals surface area contributed by atoms with E-state index in [0.717, 1.165) is 17.1 Å². The van der Waals surface area contributed by atoms with Gasteiger partial charge in [-0.05, 0) is 25.5 Å². The Kier molecular flexibility index (Phi) is 6.82. The van der Waals surface area contributed by atoms with Gasteiger partial charge in [-0.15, -0.1) is 11.3 Å². The quantitative estimate of drug-likeness (QED) is 0.740. The molecule has 2 aromatic heterocycles. The molecule has 1 spiro atoms. The summed E-state index contributed by atoms with van der Waals surface area (Å²) in [6, 6.07) is 5.36. The predicted octanol–water partition coefficient (Wildman–Crippen LogP) is 2.74. The number of aromatic nitrogens is 2. The summed E-state index contributed by atoms with van der Waals surface area (Å²) < 4.78 is 31.7. The molecule has 32 heavy (non-hydrogen) atoms. The second-order valence-electron chi connectivity index (χ2n) is 7.78. The fourth-order valence-corrected chi connectivity index (χ4v) is 4.44. The van der Waals surface area contributed by atoms with Gasteiger partial charge in [0.05, 0.1) is 17.2 Å². The molecule has 8 nitrogen and oxygen atoms in total. The van der Waals surface area contributed by atoms with E-state index in [2.05, 4.69) is 9.97 Å². The predicted molar refractivity (Wildman–Crippen MR) is 108 cm³/mol. The Balaban J connectivity index is 0.000000360. The van der Waals surface area contributed by atoms with Crippen LogP contribution in [-0.2, 0) is 16.1 Å². The number of halogens is 3. The van der Waals surface area contributed by atoms with E-state index >= 15 is 0 Å². The number of hydrogen-bond acceptors (Lipinski definition) is 6. The molecule has 1 unspecified atom stereocenters. The third-order valence-corrected chi connectivity index (χ3v) is 6.10. The van der Waals surface area contributed by atoms with Crippen LogP contribution in [0.3, 0.4) is 0 Å². The van der Waals surface area contributed by atoms with Crippen LogP contribution >= 0.6 is 11.3 Å². The Bertz CT molecular complexity index is 998. The van der Waals surface area contributed by atoms with Crippen molar-refractivity contribution in [2.45, 2.75) is 32.5 Å². The molecule has 2 aromatic rings. The number of aryl methyl sites for hydroxylation is 1. The maximum absolute atomic E-state index is 12.6. The molecule has 2 amide bonds. The van der Waals surface area contributed by atoms with Crippen LogP contribution in [-0.4, -0.2) is 68.5 Å².